The number of nitrogens with zero attached hydrogens (tertiary/aromatic N) is 10. The Morgan fingerprint density at radius 2 is 0.535 bits per heavy atom. The van der Waals surface area contributed by atoms with Crippen LogP contribution in [0.5, 0.6) is 0 Å². The van der Waals surface area contributed by atoms with E-state index in [-0.39, 0.29) is 18.3 Å². The van der Waals surface area contributed by atoms with Crippen LogP contribution in [0.25, 0.3) is 102 Å². The van der Waals surface area contributed by atoms with Gasteiger partial charge in [0.2, 0.25) is 0 Å². The van der Waals surface area contributed by atoms with Crippen molar-refractivity contribution >= 4 is 28.5 Å². The van der Waals surface area contributed by atoms with E-state index in [0.717, 1.165) is 100.0 Å². The number of benzene rings is 8. The maximum Gasteiger partial charge on any atom is 0.494 e. The van der Waals surface area contributed by atoms with E-state index in [4.69, 9.17) is 34.2 Å². The van der Waals surface area contributed by atoms with Gasteiger partial charge in [0, 0.05) is 71.8 Å². The molecule has 12 nitrogen and oxygen atoms in total. The molecule has 0 N–H and O–H groups in total. The zero-order valence-corrected chi connectivity index (χ0v) is 50.8. The molecule has 5 heterocycles. The number of aryl methyl sites for hydroxylation is 4. The van der Waals surface area contributed by atoms with Gasteiger partial charge in [-0.1, -0.05) is 216 Å². The molecule has 8 aromatic carbocycles. The summed E-state index contributed by atoms with van der Waals surface area (Å²) in [6.07, 6.45) is 0. The van der Waals surface area contributed by atoms with E-state index in [0.29, 0.717) is 34.9 Å². The Balaban J connectivity index is 0.000000140. The predicted molar refractivity (Wildman–Crippen MR) is 349 cm³/mol. The first-order valence-corrected chi connectivity index (χ1v) is 29.2. The van der Waals surface area contributed by atoms with Crippen LogP contribution in [0, 0.1) is 27.7 Å². The lowest BCUT2D eigenvalue weighted by Crippen LogP contribution is -2.41. The Labute approximate surface area is 511 Å². The lowest BCUT2D eigenvalue weighted by atomic mass is 9.79. The molecule has 86 heavy (non-hydrogen) atoms. The number of hydrogen-bond donors (Lipinski definition) is 0. The van der Waals surface area contributed by atoms with Gasteiger partial charge < -0.3 is 9.31 Å². The molecule has 0 radical (unpaired) electrons. The molecule has 1 aliphatic heterocycles. The van der Waals surface area contributed by atoms with Gasteiger partial charge in [0.05, 0.1) is 11.2 Å². The van der Waals surface area contributed by atoms with Gasteiger partial charge in [0.1, 0.15) is 0 Å². The second kappa shape index (κ2) is 25.7. The normalized spacial score (nSPS) is 13.0. The van der Waals surface area contributed by atoms with Gasteiger partial charge in [-0.15, -0.1) is 0 Å². The van der Waals surface area contributed by atoms with Crippen LogP contribution >= 0.6 is 15.9 Å². The van der Waals surface area contributed by atoms with Crippen LogP contribution < -0.4 is 5.46 Å². The molecule has 0 aliphatic carbocycles. The minimum atomic E-state index is -0.339. The van der Waals surface area contributed by atoms with Crippen molar-refractivity contribution in [2.45, 2.75) is 66.6 Å². The molecule has 4 aromatic heterocycles. The summed E-state index contributed by atoms with van der Waals surface area (Å²) in [4.78, 5) is 46.8. The van der Waals surface area contributed by atoms with Crippen molar-refractivity contribution < 1.29 is 9.31 Å². The van der Waals surface area contributed by atoms with E-state index in [1.165, 1.54) is 0 Å². The Kier molecular flexibility index (Phi) is 17.4. The summed E-state index contributed by atoms with van der Waals surface area (Å²) < 4.78 is 13.2. The van der Waals surface area contributed by atoms with Crippen molar-refractivity contribution in [1.82, 2.24) is 49.8 Å². The van der Waals surface area contributed by atoms with Crippen LogP contribution in [0.3, 0.4) is 0 Å². The van der Waals surface area contributed by atoms with Crippen molar-refractivity contribution in [2.24, 2.45) is 0 Å². The molecule has 0 unspecified atom stereocenters. The fourth-order valence-electron chi connectivity index (χ4n) is 9.63. The second-order valence-corrected chi connectivity index (χ2v) is 22.8. The topological polar surface area (TPSA) is 147 Å². The number of hydrogen-bond acceptors (Lipinski definition) is 12. The third kappa shape index (κ3) is 14.0. The Bertz CT molecular complexity index is 4120. The van der Waals surface area contributed by atoms with Gasteiger partial charge in [-0.05, 0) is 102 Å². The summed E-state index contributed by atoms with van der Waals surface area (Å²) in [5, 5.41) is 0. The molecule has 0 spiro atoms. The van der Waals surface area contributed by atoms with E-state index < -0.39 is 0 Å². The van der Waals surface area contributed by atoms with Crippen LogP contribution in [-0.4, -0.2) is 68.2 Å². The molecule has 13 rings (SSSR count). The molecular weight excluding hydrogens is 1130 g/mol. The molecule has 1 aliphatic rings. The van der Waals surface area contributed by atoms with Gasteiger partial charge in [0.15, 0.2) is 46.6 Å². The Hall–Kier alpha value is -9.60. The fourth-order valence-corrected chi connectivity index (χ4v) is 10.0. The third-order valence-corrected chi connectivity index (χ3v) is 15.2. The van der Waals surface area contributed by atoms with Crippen LogP contribution in [0.2, 0.25) is 0 Å². The summed E-state index contributed by atoms with van der Waals surface area (Å²) >= 11 is 3.52. The summed E-state index contributed by atoms with van der Waals surface area (Å²) in [7, 11) is -0.339. The van der Waals surface area contributed by atoms with E-state index in [1.54, 1.807) is 0 Å². The van der Waals surface area contributed by atoms with Crippen molar-refractivity contribution in [3.05, 3.63) is 258 Å². The minimum Gasteiger partial charge on any atom is -0.399 e. The van der Waals surface area contributed by atoms with E-state index in [2.05, 4.69) is 105 Å². The number of aromatic nitrogens is 10. The maximum atomic E-state index is 6.08. The first-order valence-electron chi connectivity index (χ1n) is 28.4. The largest absolute Gasteiger partial charge is 0.494 e. The Morgan fingerprint density at radius 1 is 0.267 bits per heavy atom. The quantitative estimate of drug-likeness (QED) is 0.120. The summed E-state index contributed by atoms with van der Waals surface area (Å²) in [5.74, 6) is 5.44. The first-order chi connectivity index (χ1) is 41.6. The molecule has 1 fully saturated rings. The van der Waals surface area contributed by atoms with Crippen LogP contribution in [0.15, 0.2) is 235 Å². The van der Waals surface area contributed by atoms with Gasteiger partial charge in [-0.3, -0.25) is 0 Å². The highest BCUT2D eigenvalue weighted by Gasteiger charge is 2.51. The minimum absolute atomic E-state index is 0.326. The monoisotopic (exact) mass is 1190 g/mol. The summed E-state index contributed by atoms with van der Waals surface area (Å²) in [6.45, 7) is 16.2. The zero-order valence-electron chi connectivity index (χ0n) is 49.2. The fraction of sp³-hybridized carbons (Fsp3) is 0.139. The molecule has 12 aromatic rings. The van der Waals surface area contributed by atoms with Gasteiger partial charge in [-0.25, -0.2) is 49.8 Å². The highest BCUT2D eigenvalue weighted by Crippen LogP contribution is 2.37. The Morgan fingerprint density at radius 3 is 0.895 bits per heavy atom. The predicted octanol–water partition coefficient (Wildman–Crippen LogP) is 16.3. The van der Waals surface area contributed by atoms with Gasteiger partial charge in [-0.2, -0.15) is 0 Å². The molecular formula is C72H62BBrN10O2. The standard InChI is InChI=1S/C33H25N5.C21H14BrN3.C18H23BN2O2/c1-22-20-23(2)35-30(34-22)27-18-16-24(17-19-27)28-14-9-15-29(21-28)33-37-31(25-10-5-3-6-11-25)36-32(38-33)26-12-7-4-8-13-26;22-18-13-7-12-17(14-18)21-24-19(15-8-3-1-4-9-15)23-20(25-21)16-10-5-2-6-11-16;1-12-11-13(2)21-16(20-12)14-7-9-15(10-8-14)19-22-17(3,4)18(5,6)23-19/h3-21H,1-2H3;1-14H;7-11H,1-6H3. The number of halogens is 1. The highest BCUT2D eigenvalue weighted by molar-refractivity contribution is 9.10. The van der Waals surface area contributed by atoms with Crippen LogP contribution in [0.4, 0.5) is 0 Å². The summed E-state index contributed by atoms with van der Waals surface area (Å²) in [6, 6.07) is 76.7. The van der Waals surface area contributed by atoms with E-state index >= 15 is 0 Å². The summed E-state index contributed by atoms with van der Waals surface area (Å²) in [5.41, 5.74) is 14.1. The van der Waals surface area contributed by atoms with Crippen LogP contribution in [-0.2, 0) is 9.31 Å². The molecule has 0 saturated carbocycles. The lowest BCUT2D eigenvalue weighted by Gasteiger charge is -2.32. The SMILES string of the molecule is Brc1cccc(-c2nc(-c3ccccc3)nc(-c3ccccc3)n2)c1.Cc1cc(C)nc(-c2ccc(-c3cccc(-c4nc(-c5ccccc5)nc(-c5ccccc5)n4)c3)cc2)n1.Cc1cc(C)nc(-c2ccc(B3OC(C)(C)C(C)(C)O3)cc2)n1. The van der Waals surface area contributed by atoms with Crippen molar-refractivity contribution in [3.8, 4) is 102 Å². The third-order valence-electron chi connectivity index (χ3n) is 14.7. The van der Waals surface area contributed by atoms with Crippen molar-refractivity contribution in [1.29, 1.82) is 0 Å². The zero-order chi connectivity index (χ0) is 59.8. The van der Waals surface area contributed by atoms with Crippen molar-refractivity contribution in [3.63, 3.8) is 0 Å². The molecule has 0 amide bonds. The highest BCUT2D eigenvalue weighted by atomic mass is 79.9. The average molecular weight is 1190 g/mol. The van der Waals surface area contributed by atoms with Crippen molar-refractivity contribution in [2.75, 3.05) is 0 Å². The van der Waals surface area contributed by atoms with E-state index in [9.17, 15) is 0 Å². The molecule has 0 atom stereocenters. The molecule has 422 valence electrons. The number of rotatable bonds is 10. The van der Waals surface area contributed by atoms with Gasteiger partial charge >= 0.3 is 7.12 Å². The first kappa shape index (κ1) is 58.2. The molecule has 0 bridgehead atoms. The smallest absolute Gasteiger partial charge is 0.399 e. The second-order valence-electron chi connectivity index (χ2n) is 21.9. The van der Waals surface area contributed by atoms with E-state index in [1.807, 2.05) is 222 Å². The average Bonchev–Trinajstić information content (AvgIpc) is 2.09. The lowest BCUT2D eigenvalue weighted by molar-refractivity contribution is 0.00578. The maximum absolute atomic E-state index is 6.08. The van der Waals surface area contributed by atoms with Gasteiger partial charge in [0.25, 0.3) is 0 Å². The molecule has 1 saturated heterocycles. The molecule has 14 heteroatoms. The van der Waals surface area contributed by atoms with Crippen LogP contribution in [0.1, 0.15) is 50.5 Å².